The van der Waals surface area contributed by atoms with Crippen molar-refractivity contribution in [3.8, 4) is 0 Å². The monoisotopic (exact) mass is 201 g/mol. The highest BCUT2D eigenvalue weighted by atomic mass is 19.1. The molecule has 2 N–H and O–H groups in total. The van der Waals surface area contributed by atoms with Gasteiger partial charge >= 0.3 is 0 Å². The summed E-state index contributed by atoms with van der Waals surface area (Å²) in [6.07, 6.45) is 0. The Balaban J connectivity index is 3.22. The van der Waals surface area contributed by atoms with Crippen LogP contribution in [0.25, 0.3) is 0 Å². The third-order valence-electron chi connectivity index (χ3n) is 2.39. The molecule has 0 aliphatic carbocycles. The Morgan fingerprint density at radius 1 is 1.43 bits per heavy atom. The molecular weight excluding hydrogens is 188 g/mol. The fraction of sp³-hybridized carbons (Fsp3) is 0.400. The van der Waals surface area contributed by atoms with Gasteiger partial charge in [-0.15, -0.1) is 0 Å². The maximum atomic E-state index is 13.3. The molecule has 1 aromatic carbocycles. The zero-order chi connectivity index (χ0) is 10.8. The lowest BCUT2D eigenvalue weighted by Crippen LogP contribution is -2.41. The molecule has 0 aliphatic rings. The van der Waals surface area contributed by atoms with Crippen LogP contribution >= 0.6 is 0 Å². The van der Waals surface area contributed by atoms with Crippen molar-refractivity contribution in [1.29, 1.82) is 0 Å². The van der Waals surface area contributed by atoms with E-state index in [0.717, 1.165) is 18.2 Å². The van der Waals surface area contributed by atoms with E-state index in [0.29, 0.717) is 0 Å². The van der Waals surface area contributed by atoms with Crippen molar-refractivity contribution in [1.82, 2.24) is 5.32 Å². The molecule has 0 saturated carbocycles. The van der Waals surface area contributed by atoms with Gasteiger partial charge in [-0.1, -0.05) is 0 Å². The summed E-state index contributed by atoms with van der Waals surface area (Å²) in [5.74, 6) is -1.05. The third kappa shape index (κ3) is 1.91. The van der Waals surface area contributed by atoms with Crippen molar-refractivity contribution in [3.63, 3.8) is 0 Å². The lowest BCUT2D eigenvalue weighted by Gasteiger charge is -2.27. The van der Waals surface area contributed by atoms with Gasteiger partial charge in [0.15, 0.2) is 0 Å². The maximum Gasteiger partial charge on any atom is 0.128 e. The number of halogens is 2. The average Bonchev–Trinajstić information content (AvgIpc) is 2.20. The molecule has 0 bridgehead atoms. The predicted molar refractivity (Wildman–Crippen MR) is 49.9 cm³/mol. The zero-order valence-electron chi connectivity index (χ0n) is 8.14. The molecule has 0 spiro atoms. The molecule has 1 unspecified atom stereocenters. The van der Waals surface area contributed by atoms with E-state index in [4.69, 9.17) is 5.11 Å². The van der Waals surface area contributed by atoms with Crippen LogP contribution in [-0.2, 0) is 5.54 Å². The first-order valence-corrected chi connectivity index (χ1v) is 4.29. The van der Waals surface area contributed by atoms with Crippen LogP contribution in [0, 0.1) is 11.6 Å². The van der Waals surface area contributed by atoms with Gasteiger partial charge in [-0.25, -0.2) is 8.78 Å². The fourth-order valence-electron chi connectivity index (χ4n) is 1.22. The van der Waals surface area contributed by atoms with E-state index in [9.17, 15) is 8.78 Å². The van der Waals surface area contributed by atoms with E-state index in [-0.39, 0.29) is 12.2 Å². The number of aliphatic hydroxyl groups excluding tert-OH is 1. The first-order valence-electron chi connectivity index (χ1n) is 4.29. The van der Waals surface area contributed by atoms with Crippen molar-refractivity contribution >= 4 is 0 Å². The normalized spacial score (nSPS) is 15.2. The maximum absolute atomic E-state index is 13.3. The Labute approximate surface area is 81.6 Å². The second kappa shape index (κ2) is 4.02. The largest absolute Gasteiger partial charge is 0.394 e. The SMILES string of the molecule is CNC(C)(CO)c1cc(F)ccc1F. The number of benzene rings is 1. The summed E-state index contributed by atoms with van der Waals surface area (Å²) in [5, 5.41) is 11.9. The van der Waals surface area contributed by atoms with E-state index >= 15 is 0 Å². The van der Waals surface area contributed by atoms with Crippen LogP contribution in [0.4, 0.5) is 8.78 Å². The minimum atomic E-state index is -0.952. The summed E-state index contributed by atoms with van der Waals surface area (Å²) in [7, 11) is 1.58. The van der Waals surface area contributed by atoms with E-state index in [2.05, 4.69) is 5.32 Å². The van der Waals surface area contributed by atoms with E-state index in [1.54, 1.807) is 14.0 Å². The van der Waals surface area contributed by atoms with Gasteiger partial charge in [0.2, 0.25) is 0 Å². The Kier molecular flexibility index (Phi) is 3.18. The first kappa shape index (κ1) is 11.1. The molecule has 0 radical (unpaired) electrons. The average molecular weight is 201 g/mol. The minimum Gasteiger partial charge on any atom is -0.394 e. The summed E-state index contributed by atoms with van der Waals surface area (Å²) >= 11 is 0. The number of hydrogen-bond donors (Lipinski definition) is 2. The number of likely N-dealkylation sites (N-methyl/N-ethyl adjacent to an activating group) is 1. The molecular formula is C10H13F2NO. The minimum absolute atomic E-state index is 0.127. The topological polar surface area (TPSA) is 32.3 Å². The van der Waals surface area contributed by atoms with Crippen LogP contribution in [-0.4, -0.2) is 18.8 Å². The van der Waals surface area contributed by atoms with Gasteiger partial charge in [0.25, 0.3) is 0 Å². The highest BCUT2D eigenvalue weighted by Gasteiger charge is 2.27. The number of aliphatic hydroxyl groups is 1. The van der Waals surface area contributed by atoms with Crippen molar-refractivity contribution in [2.45, 2.75) is 12.5 Å². The van der Waals surface area contributed by atoms with Gasteiger partial charge in [0.1, 0.15) is 11.6 Å². The molecule has 1 rings (SSSR count). The second-order valence-electron chi connectivity index (χ2n) is 3.36. The van der Waals surface area contributed by atoms with Crippen molar-refractivity contribution in [2.24, 2.45) is 0 Å². The molecule has 0 fully saturated rings. The summed E-state index contributed by atoms with van der Waals surface area (Å²) in [4.78, 5) is 0. The summed E-state index contributed by atoms with van der Waals surface area (Å²) in [6, 6.07) is 3.18. The highest BCUT2D eigenvalue weighted by molar-refractivity contribution is 5.26. The molecule has 0 aromatic heterocycles. The molecule has 1 atom stereocenters. The summed E-state index contributed by atoms with van der Waals surface area (Å²) in [6.45, 7) is 1.30. The van der Waals surface area contributed by atoms with E-state index in [1.165, 1.54) is 0 Å². The summed E-state index contributed by atoms with van der Waals surface area (Å²) in [5.41, 5.74) is -0.825. The Hall–Kier alpha value is -1.00. The molecule has 2 nitrogen and oxygen atoms in total. The zero-order valence-corrected chi connectivity index (χ0v) is 8.14. The van der Waals surface area contributed by atoms with Crippen LogP contribution in [0.15, 0.2) is 18.2 Å². The molecule has 0 amide bonds. The lowest BCUT2D eigenvalue weighted by molar-refractivity contribution is 0.179. The molecule has 0 aliphatic heterocycles. The Morgan fingerprint density at radius 3 is 2.57 bits per heavy atom. The smallest absolute Gasteiger partial charge is 0.128 e. The third-order valence-corrected chi connectivity index (χ3v) is 2.39. The van der Waals surface area contributed by atoms with Gasteiger partial charge in [-0.2, -0.15) is 0 Å². The van der Waals surface area contributed by atoms with Gasteiger partial charge < -0.3 is 10.4 Å². The highest BCUT2D eigenvalue weighted by Crippen LogP contribution is 2.23. The van der Waals surface area contributed by atoms with Gasteiger partial charge in [-0.05, 0) is 32.2 Å². The second-order valence-corrected chi connectivity index (χ2v) is 3.36. The van der Waals surface area contributed by atoms with Crippen LogP contribution in [0.5, 0.6) is 0 Å². The molecule has 1 aromatic rings. The molecule has 0 heterocycles. The molecule has 78 valence electrons. The van der Waals surface area contributed by atoms with Crippen LogP contribution in [0.1, 0.15) is 12.5 Å². The number of nitrogens with one attached hydrogen (secondary N) is 1. The van der Waals surface area contributed by atoms with Crippen molar-refractivity contribution in [3.05, 3.63) is 35.4 Å². The lowest BCUT2D eigenvalue weighted by atomic mass is 9.92. The Morgan fingerprint density at radius 2 is 2.07 bits per heavy atom. The number of hydrogen-bond acceptors (Lipinski definition) is 2. The van der Waals surface area contributed by atoms with Gasteiger partial charge in [0.05, 0.1) is 12.1 Å². The summed E-state index contributed by atoms with van der Waals surface area (Å²) < 4.78 is 26.2. The standard InChI is InChI=1S/C10H13F2NO/c1-10(6-14,13-2)8-5-7(11)3-4-9(8)12/h3-5,13-14H,6H2,1-2H3. The fourth-order valence-corrected chi connectivity index (χ4v) is 1.22. The molecule has 4 heteroatoms. The Bertz CT molecular complexity index is 324. The van der Waals surface area contributed by atoms with Crippen molar-refractivity contribution in [2.75, 3.05) is 13.7 Å². The first-order chi connectivity index (χ1) is 6.53. The van der Waals surface area contributed by atoms with Crippen LogP contribution in [0.2, 0.25) is 0 Å². The van der Waals surface area contributed by atoms with E-state index in [1.807, 2.05) is 0 Å². The van der Waals surface area contributed by atoms with E-state index < -0.39 is 17.2 Å². The van der Waals surface area contributed by atoms with Gasteiger partial charge in [-0.3, -0.25) is 0 Å². The number of rotatable bonds is 3. The molecule has 14 heavy (non-hydrogen) atoms. The predicted octanol–water partition coefficient (Wildman–Crippen LogP) is 1.39. The molecule has 0 saturated heterocycles. The van der Waals surface area contributed by atoms with Crippen LogP contribution in [0.3, 0.4) is 0 Å². The van der Waals surface area contributed by atoms with Crippen molar-refractivity contribution < 1.29 is 13.9 Å². The van der Waals surface area contributed by atoms with Crippen LogP contribution < -0.4 is 5.32 Å². The quantitative estimate of drug-likeness (QED) is 0.774. The van der Waals surface area contributed by atoms with Gasteiger partial charge in [0, 0.05) is 5.56 Å².